The van der Waals surface area contributed by atoms with Gasteiger partial charge in [0.25, 0.3) is 5.91 Å². The fourth-order valence-corrected chi connectivity index (χ4v) is 2.34. The van der Waals surface area contributed by atoms with E-state index < -0.39 is 11.9 Å². The molecule has 1 aromatic carbocycles. The van der Waals surface area contributed by atoms with Crippen molar-refractivity contribution in [1.29, 1.82) is 0 Å². The third-order valence-electron chi connectivity index (χ3n) is 3.61. The number of nitrogens with one attached hydrogen (secondary N) is 1. The number of hydrogen-bond donors (Lipinski definition) is 2. The maximum Gasteiger partial charge on any atom is 0.335 e. The number of ether oxygens (including phenoxy) is 3. The summed E-state index contributed by atoms with van der Waals surface area (Å²) < 4.78 is 15.4. The SMILES string of the molecule is COc1cc(C(=O)O)ccc1CCNC(=O)c1c(OC)ncnc1OC. The fraction of sp³-hybridized carbons (Fsp3) is 0.294. The van der Waals surface area contributed by atoms with E-state index in [1.54, 1.807) is 6.07 Å². The first-order valence-electron chi connectivity index (χ1n) is 7.63. The second-order valence-corrected chi connectivity index (χ2v) is 5.10. The smallest absolute Gasteiger partial charge is 0.335 e. The molecule has 0 aliphatic heterocycles. The molecule has 9 heteroatoms. The lowest BCUT2D eigenvalue weighted by Gasteiger charge is -2.12. The quantitative estimate of drug-likeness (QED) is 0.719. The molecule has 0 saturated heterocycles. The van der Waals surface area contributed by atoms with E-state index in [2.05, 4.69) is 15.3 Å². The Bertz CT molecular complexity index is 787. The molecule has 9 nitrogen and oxygen atoms in total. The van der Waals surface area contributed by atoms with Gasteiger partial charge in [-0.25, -0.2) is 14.8 Å². The molecule has 0 radical (unpaired) electrons. The van der Waals surface area contributed by atoms with Crippen LogP contribution in [0, 0.1) is 0 Å². The third-order valence-corrected chi connectivity index (χ3v) is 3.61. The highest BCUT2D eigenvalue weighted by atomic mass is 16.5. The average Bonchev–Trinajstić information content (AvgIpc) is 2.66. The molecular formula is C17H19N3O6. The van der Waals surface area contributed by atoms with Crippen LogP contribution in [0.15, 0.2) is 24.5 Å². The highest BCUT2D eigenvalue weighted by Gasteiger charge is 2.20. The molecule has 1 aromatic heterocycles. The molecular weight excluding hydrogens is 342 g/mol. The number of aromatic carboxylic acids is 1. The zero-order chi connectivity index (χ0) is 19.1. The highest BCUT2D eigenvalue weighted by Crippen LogP contribution is 2.23. The van der Waals surface area contributed by atoms with Crippen LogP contribution < -0.4 is 19.5 Å². The first-order valence-corrected chi connectivity index (χ1v) is 7.63. The summed E-state index contributed by atoms with van der Waals surface area (Å²) in [4.78, 5) is 31.2. The lowest BCUT2D eigenvalue weighted by molar-refractivity contribution is 0.0696. The van der Waals surface area contributed by atoms with E-state index >= 15 is 0 Å². The van der Waals surface area contributed by atoms with Gasteiger partial charge in [-0.1, -0.05) is 6.07 Å². The van der Waals surface area contributed by atoms with Gasteiger partial charge in [0.05, 0.1) is 26.9 Å². The summed E-state index contributed by atoms with van der Waals surface area (Å²) in [7, 11) is 4.25. The number of aromatic nitrogens is 2. The van der Waals surface area contributed by atoms with Gasteiger partial charge in [-0.2, -0.15) is 0 Å². The largest absolute Gasteiger partial charge is 0.496 e. The number of nitrogens with zero attached hydrogens (tertiary/aromatic N) is 2. The van der Waals surface area contributed by atoms with Gasteiger partial charge < -0.3 is 24.6 Å². The van der Waals surface area contributed by atoms with Gasteiger partial charge in [0.15, 0.2) is 5.56 Å². The fourth-order valence-electron chi connectivity index (χ4n) is 2.34. The first kappa shape index (κ1) is 19.0. The number of carbonyl (C=O) groups is 2. The van der Waals surface area contributed by atoms with Crippen molar-refractivity contribution in [3.05, 3.63) is 41.2 Å². The first-order chi connectivity index (χ1) is 12.5. The molecule has 0 unspecified atom stereocenters. The summed E-state index contributed by atoms with van der Waals surface area (Å²) in [6.45, 7) is 0.281. The van der Waals surface area contributed by atoms with Crippen LogP contribution in [0.3, 0.4) is 0 Å². The highest BCUT2D eigenvalue weighted by molar-refractivity contribution is 5.98. The second-order valence-electron chi connectivity index (χ2n) is 5.10. The Morgan fingerprint density at radius 3 is 2.27 bits per heavy atom. The Morgan fingerprint density at radius 1 is 1.08 bits per heavy atom. The summed E-state index contributed by atoms with van der Waals surface area (Å²) in [5, 5.41) is 11.8. The molecule has 26 heavy (non-hydrogen) atoms. The lowest BCUT2D eigenvalue weighted by Crippen LogP contribution is -2.27. The molecule has 1 amide bonds. The average molecular weight is 361 g/mol. The van der Waals surface area contributed by atoms with Crippen LogP contribution in [-0.2, 0) is 6.42 Å². The normalized spacial score (nSPS) is 10.1. The number of carboxylic acid groups (broad SMARTS) is 1. The Hall–Kier alpha value is -3.36. The van der Waals surface area contributed by atoms with E-state index in [1.807, 2.05) is 0 Å². The van der Waals surface area contributed by atoms with E-state index in [-0.39, 0.29) is 29.4 Å². The van der Waals surface area contributed by atoms with Gasteiger partial charge in [-0.3, -0.25) is 4.79 Å². The molecule has 138 valence electrons. The van der Waals surface area contributed by atoms with Crippen molar-refractivity contribution in [2.75, 3.05) is 27.9 Å². The predicted molar refractivity (Wildman–Crippen MR) is 91.1 cm³/mol. The summed E-state index contributed by atoms with van der Waals surface area (Å²) in [5.41, 5.74) is 0.997. The summed E-state index contributed by atoms with van der Waals surface area (Å²) in [6.07, 6.45) is 1.68. The number of benzene rings is 1. The van der Waals surface area contributed by atoms with Gasteiger partial charge >= 0.3 is 5.97 Å². The van der Waals surface area contributed by atoms with Crippen LogP contribution in [0.5, 0.6) is 17.5 Å². The number of hydrogen-bond acceptors (Lipinski definition) is 7. The van der Waals surface area contributed by atoms with Crippen LogP contribution >= 0.6 is 0 Å². The van der Waals surface area contributed by atoms with Crippen LogP contribution in [-0.4, -0.2) is 54.8 Å². The van der Waals surface area contributed by atoms with Crippen molar-refractivity contribution >= 4 is 11.9 Å². The number of carbonyl (C=O) groups excluding carboxylic acids is 1. The molecule has 0 spiro atoms. The minimum atomic E-state index is -1.04. The monoisotopic (exact) mass is 361 g/mol. The van der Waals surface area contributed by atoms with Gasteiger partial charge in [-0.15, -0.1) is 0 Å². The molecule has 0 atom stereocenters. The minimum Gasteiger partial charge on any atom is -0.496 e. The zero-order valence-corrected chi connectivity index (χ0v) is 14.6. The Morgan fingerprint density at radius 2 is 1.73 bits per heavy atom. The third kappa shape index (κ3) is 4.18. The van der Waals surface area contributed by atoms with Crippen molar-refractivity contribution in [1.82, 2.24) is 15.3 Å². The van der Waals surface area contributed by atoms with E-state index in [0.717, 1.165) is 5.56 Å². The maximum absolute atomic E-state index is 12.4. The molecule has 2 aromatic rings. The minimum absolute atomic E-state index is 0.102. The van der Waals surface area contributed by atoms with Crippen molar-refractivity contribution < 1.29 is 28.9 Å². The molecule has 0 aliphatic carbocycles. The molecule has 0 bridgehead atoms. The van der Waals surface area contributed by atoms with Crippen molar-refractivity contribution in [2.45, 2.75) is 6.42 Å². The topological polar surface area (TPSA) is 120 Å². The summed E-state index contributed by atoms with van der Waals surface area (Å²) >= 11 is 0. The lowest BCUT2D eigenvalue weighted by atomic mass is 10.1. The summed E-state index contributed by atoms with van der Waals surface area (Å²) in [5.74, 6) is -0.820. The van der Waals surface area contributed by atoms with E-state index in [9.17, 15) is 9.59 Å². The van der Waals surface area contributed by atoms with Crippen LogP contribution in [0.2, 0.25) is 0 Å². The van der Waals surface area contributed by atoms with E-state index in [1.165, 1.54) is 39.8 Å². The summed E-state index contributed by atoms with van der Waals surface area (Å²) in [6, 6.07) is 4.58. The molecule has 0 aliphatic rings. The van der Waals surface area contributed by atoms with Crippen molar-refractivity contribution in [3.63, 3.8) is 0 Å². The number of methoxy groups -OCH3 is 3. The predicted octanol–water partition coefficient (Wildman–Crippen LogP) is 1.17. The standard InChI is InChI=1S/C17H19N3O6/c1-24-12-8-11(17(22)23)5-4-10(12)6-7-18-14(21)13-15(25-2)19-9-20-16(13)26-3/h4-5,8-9H,6-7H2,1-3H3,(H,18,21)(H,22,23). The van der Waals surface area contributed by atoms with E-state index in [0.29, 0.717) is 12.2 Å². The van der Waals surface area contributed by atoms with Crippen LogP contribution in [0.25, 0.3) is 0 Å². The van der Waals surface area contributed by atoms with Crippen molar-refractivity contribution in [3.8, 4) is 17.5 Å². The van der Waals surface area contributed by atoms with Gasteiger partial charge in [-0.05, 0) is 24.1 Å². The van der Waals surface area contributed by atoms with Crippen LogP contribution in [0.1, 0.15) is 26.3 Å². The van der Waals surface area contributed by atoms with Crippen LogP contribution in [0.4, 0.5) is 0 Å². The molecule has 1 heterocycles. The number of amides is 1. The molecule has 2 N–H and O–H groups in total. The number of rotatable bonds is 8. The van der Waals surface area contributed by atoms with Crippen molar-refractivity contribution in [2.24, 2.45) is 0 Å². The van der Waals surface area contributed by atoms with Gasteiger partial charge in [0, 0.05) is 6.54 Å². The Kier molecular flexibility index (Phi) is 6.31. The number of carboxylic acids is 1. The van der Waals surface area contributed by atoms with E-state index in [4.69, 9.17) is 19.3 Å². The Labute approximate surface area is 149 Å². The molecule has 2 rings (SSSR count). The maximum atomic E-state index is 12.4. The van der Waals surface area contributed by atoms with Gasteiger partial charge in [0.2, 0.25) is 11.8 Å². The second kappa shape index (κ2) is 8.65. The molecule has 0 fully saturated rings. The Balaban J connectivity index is 2.09. The van der Waals surface area contributed by atoms with Gasteiger partial charge in [0.1, 0.15) is 12.1 Å². The zero-order valence-electron chi connectivity index (χ0n) is 14.6. The molecule has 0 saturated carbocycles.